The second-order valence-corrected chi connectivity index (χ2v) is 4.31. The van der Waals surface area contributed by atoms with Crippen molar-refractivity contribution in [1.82, 2.24) is 15.1 Å². The Kier molecular flexibility index (Phi) is 4.31. The molecular weight excluding hydrogens is 263 g/mol. The summed E-state index contributed by atoms with van der Waals surface area (Å²) < 4.78 is 14.3. The van der Waals surface area contributed by atoms with Crippen LogP contribution >= 0.6 is 0 Å². The van der Waals surface area contributed by atoms with Gasteiger partial charge in [-0.05, 0) is 17.7 Å². The molecule has 0 aliphatic heterocycles. The number of aryl methyl sites for hydroxylation is 1. The molecule has 0 radical (unpaired) electrons. The zero-order valence-electron chi connectivity index (χ0n) is 10.9. The lowest BCUT2D eigenvalue weighted by Gasteiger charge is -2.12. The Morgan fingerprint density at radius 1 is 1.45 bits per heavy atom. The molecule has 6 nitrogen and oxygen atoms in total. The van der Waals surface area contributed by atoms with Gasteiger partial charge in [0, 0.05) is 19.8 Å². The van der Waals surface area contributed by atoms with E-state index in [1.165, 1.54) is 30.5 Å². The Morgan fingerprint density at radius 2 is 2.15 bits per heavy atom. The molecule has 0 aliphatic carbocycles. The lowest BCUT2D eigenvalue weighted by molar-refractivity contribution is 0.175. The third-order valence-electron chi connectivity index (χ3n) is 2.67. The third kappa shape index (κ3) is 3.79. The second-order valence-electron chi connectivity index (χ2n) is 4.31. The summed E-state index contributed by atoms with van der Waals surface area (Å²) in [6, 6.07) is 5.02. The van der Waals surface area contributed by atoms with E-state index in [0.29, 0.717) is 11.3 Å². The van der Waals surface area contributed by atoms with Crippen molar-refractivity contribution < 1.29 is 14.3 Å². The Labute approximate surface area is 115 Å². The highest BCUT2D eigenvalue weighted by Gasteiger charge is 2.10. The smallest absolute Gasteiger partial charge is 0.319 e. The van der Waals surface area contributed by atoms with E-state index in [1.54, 1.807) is 17.9 Å². The van der Waals surface area contributed by atoms with E-state index in [9.17, 15) is 14.3 Å². The SMILES string of the molecule is Cn1cc(NC(=O)NCC(O)c2ccc(F)cc2)cn1. The molecule has 0 saturated heterocycles. The number of anilines is 1. The van der Waals surface area contributed by atoms with Gasteiger partial charge >= 0.3 is 6.03 Å². The number of aromatic nitrogens is 2. The number of rotatable bonds is 4. The molecule has 2 aromatic rings. The maximum Gasteiger partial charge on any atom is 0.319 e. The average Bonchev–Trinajstić information content (AvgIpc) is 2.82. The van der Waals surface area contributed by atoms with E-state index in [-0.39, 0.29) is 12.4 Å². The van der Waals surface area contributed by atoms with Crippen LogP contribution < -0.4 is 10.6 Å². The van der Waals surface area contributed by atoms with Crippen LogP contribution in [-0.4, -0.2) is 27.5 Å². The minimum atomic E-state index is -0.893. The van der Waals surface area contributed by atoms with Crippen molar-refractivity contribution in [3.05, 3.63) is 48.0 Å². The van der Waals surface area contributed by atoms with Crippen molar-refractivity contribution in [2.75, 3.05) is 11.9 Å². The molecule has 0 aliphatic rings. The summed E-state index contributed by atoms with van der Waals surface area (Å²) >= 11 is 0. The number of nitrogens with zero attached hydrogens (tertiary/aromatic N) is 2. The molecule has 7 heteroatoms. The lowest BCUT2D eigenvalue weighted by atomic mass is 10.1. The fourth-order valence-electron chi connectivity index (χ4n) is 1.65. The summed E-state index contributed by atoms with van der Waals surface area (Å²) in [5, 5.41) is 18.9. The second kappa shape index (κ2) is 6.16. The molecule has 0 spiro atoms. The van der Waals surface area contributed by atoms with Gasteiger partial charge in [0.1, 0.15) is 5.82 Å². The standard InChI is InChI=1S/C13H15FN4O2/c1-18-8-11(6-16-18)17-13(20)15-7-12(19)9-2-4-10(14)5-3-9/h2-6,8,12,19H,7H2,1H3,(H2,15,17,20). The monoisotopic (exact) mass is 278 g/mol. The molecule has 1 heterocycles. The molecule has 1 atom stereocenters. The number of hydrogen-bond acceptors (Lipinski definition) is 3. The van der Waals surface area contributed by atoms with E-state index in [1.807, 2.05) is 0 Å². The number of hydrogen-bond donors (Lipinski definition) is 3. The van der Waals surface area contributed by atoms with E-state index in [4.69, 9.17) is 0 Å². The molecule has 0 saturated carbocycles. The van der Waals surface area contributed by atoms with Gasteiger partial charge in [0.05, 0.1) is 18.0 Å². The quantitative estimate of drug-likeness (QED) is 0.791. The summed E-state index contributed by atoms with van der Waals surface area (Å²) in [5.74, 6) is -0.372. The number of benzene rings is 1. The topological polar surface area (TPSA) is 79.2 Å². The van der Waals surface area contributed by atoms with Crippen molar-refractivity contribution in [3.8, 4) is 0 Å². The molecule has 1 unspecified atom stereocenters. The van der Waals surface area contributed by atoms with Gasteiger partial charge in [0.2, 0.25) is 0 Å². The summed E-state index contributed by atoms with van der Waals surface area (Å²) in [7, 11) is 1.74. The van der Waals surface area contributed by atoms with Gasteiger partial charge in [-0.2, -0.15) is 5.10 Å². The number of aliphatic hydroxyl groups excluding tert-OH is 1. The zero-order chi connectivity index (χ0) is 14.5. The highest BCUT2D eigenvalue weighted by molar-refractivity contribution is 5.88. The van der Waals surface area contributed by atoms with E-state index in [2.05, 4.69) is 15.7 Å². The molecule has 3 N–H and O–H groups in total. The van der Waals surface area contributed by atoms with Gasteiger partial charge in [-0.3, -0.25) is 4.68 Å². The van der Waals surface area contributed by atoms with Crippen molar-refractivity contribution in [2.24, 2.45) is 7.05 Å². The number of halogens is 1. The molecule has 2 rings (SSSR count). The van der Waals surface area contributed by atoms with Gasteiger partial charge in [0.25, 0.3) is 0 Å². The number of aliphatic hydroxyl groups is 1. The van der Waals surface area contributed by atoms with Crippen LogP contribution in [0.15, 0.2) is 36.7 Å². The molecular formula is C13H15FN4O2. The van der Waals surface area contributed by atoms with Gasteiger partial charge < -0.3 is 15.7 Å². The molecule has 1 aromatic heterocycles. The number of amides is 2. The minimum Gasteiger partial charge on any atom is -0.387 e. The average molecular weight is 278 g/mol. The first kappa shape index (κ1) is 14.0. The Hall–Kier alpha value is -2.41. The van der Waals surface area contributed by atoms with Crippen LogP contribution in [0.1, 0.15) is 11.7 Å². The maximum atomic E-state index is 12.7. The molecule has 20 heavy (non-hydrogen) atoms. The van der Waals surface area contributed by atoms with E-state index < -0.39 is 12.1 Å². The highest BCUT2D eigenvalue weighted by atomic mass is 19.1. The molecule has 1 aromatic carbocycles. The van der Waals surface area contributed by atoms with Crippen molar-refractivity contribution in [2.45, 2.75) is 6.10 Å². The number of carbonyl (C=O) groups excluding carboxylic acids is 1. The predicted octanol–water partition coefficient (Wildman–Crippen LogP) is 1.41. The largest absolute Gasteiger partial charge is 0.387 e. The number of carbonyl (C=O) groups is 1. The Morgan fingerprint density at radius 3 is 2.75 bits per heavy atom. The minimum absolute atomic E-state index is 0.0255. The van der Waals surface area contributed by atoms with Gasteiger partial charge in [-0.1, -0.05) is 12.1 Å². The number of urea groups is 1. The van der Waals surface area contributed by atoms with Crippen molar-refractivity contribution >= 4 is 11.7 Å². The summed E-state index contributed by atoms with van der Waals surface area (Å²) in [6.45, 7) is 0.0255. The van der Waals surface area contributed by atoms with Crippen molar-refractivity contribution in [3.63, 3.8) is 0 Å². The van der Waals surface area contributed by atoms with Crippen LogP contribution in [0.25, 0.3) is 0 Å². The van der Waals surface area contributed by atoms with Crippen LogP contribution in [-0.2, 0) is 7.05 Å². The first-order chi connectivity index (χ1) is 9.54. The highest BCUT2D eigenvalue weighted by Crippen LogP contribution is 2.12. The van der Waals surface area contributed by atoms with Gasteiger partial charge in [0.15, 0.2) is 0 Å². The zero-order valence-corrected chi connectivity index (χ0v) is 10.9. The fraction of sp³-hybridized carbons (Fsp3) is 0.231. The third-order valence-corrected chi connectivity index (χ3v) is 2.67. The van der Waals surface area contributed by atoms with Crippen LogP contribution in [0.4, 0.5) is 14.9 Å². The van der Waals surface area contributed by atoms with Crippen LogP contribution in [0.5, 0.6) is 0 Å². The normalized spacial score (nSPS) is 11.9. The van der Waals surface area contributed by atoms with Gasteiger partial charge in [-0.15, -0.1) is 0 Å². The maximum absolute atomic E-state index is 12.7. The Balaban J connectivity index is 1.82. The summed E-state index contributed by atoms with van der Waals surface area (Å²) in [4.78, 5) is 11.6. The van der Waals surface area contributed by atoms with Crippen LogP contribution in [0.3, 0.4) is 0 Å². The molecule has 106 valence electrons. The molecule has 0 fully saturated rings. The van der Waals surface area contributed by atoms with Crippen molar-refractivity contribution in [1.29, 1.82) is 0 Å². The fourth-order valence-corrected chi connectivity index (χ4v) is 1.65. The molecule has 0 bridgehead atoms. The number of nitrogens with one attached hydrogen (secondary N) is 2. The van der Waals surface area contributed by atoms with E-state index in [0.717, 1.165) is 0 Å². The molecule has 2 amide bonds. The first-order valence-corrected chi connectivity index (χ1v) is 6.01. The van der Waals surface area contributed by atoms with Crippen LogP contribution in [0.2, 0.25) is 0 Å². The van der Waals surface area contributed by atoms with Crippen LogP contribution in [0, 0.1) is 5.82 Å². The van der Waals surface area contributed by atoms with E-state index >= 15 is 0 Å². The Bertz CT molecular complexity index is 582. The summed E-state index contributed by atoms with van der Waals surface area (Å²) in [5.41, 5.74) is 1.09. The summed E-state index contributed by atoms with van der Waals surface area (Å²) in [6.07, 6.45) is 2.27. The predicted molar refractivity (Wildman–Crippen MR) is 71.6 cm³/mol. The first-order valence-electron chi connectivity index (χ1n) is 6.01. The van der Waals surface area contributed by atoms with Gasteiger partial charge in [-0.25, -0.2) is 9.18 Å². The lowest BCUT2D eigenvalue weighted by Crippen LogP contribution is -2.32.